The van der Waals surface area contributed by atoms with E-state index < -0.39 is 17.9 Å². The van der Waals surface area contributed by atoms with Gasteiger partial charge in [-0.15, -0.1) is 0 Å². The monoisotopic (exact) mass is 432 g/mol. The maximum atomic E-state index is 12.5. The first-order chi connectivity index (χ1) is 13.9. The molecule has 1 atom stereocenters. The first-order valence-electron chi connectivity index (χ1n) is 9.41. The molecule has 8 heteroatoms. The number of hydrogen-bond acceptors (Lipinski definition) is 5. The molecule has 0 spiro atoms. The van der Waals surface area contributed by atoms with Crippen LogP contribution in [0.3, 0.4) is 0 Å². The number of carbonyl (C=O) groups is 3. The van der Waals surface area contributed by atoms with Crippen LogP contribution in [0.15, 0.2) is 47.4 Å². The molecule has 1 fully saturated rings. The number of thiocarbonyl (C=S) groups is 1. The Labute approximate surface area is 180 Å². The Bertz CT molecular complexity index is 821. The van der Waals surface area contributed by atoms with Crippen LogP contribution < -0.4 is 5.32 Å². The van der Waals surface area contributed by atoms with Gasteiger partial charge in [-0.05, 0) is 18.1 Å². The SMILES string of the molecule is CCCCC(NC(=O)CCN1C(=O)C(=CC=Cc2ccccc2)SC1=S)C(=O)O. The van der Waals surface area contributed by atoms with E-state index in [0.29, 0.717) is 22.1 Å². The maximum absolute atomic E-state index is 12.5. The quantitative estimate of drug-likeness (QED) is 0.434. The van der Waals surface area contributed by atoms with Crippen molar-refractivity contribution >= 4 is 52.2 Å². The van der Waals surface area contributed by atoms with Crippen molar-refractivity contribution in [1.29, 1.82) is 0 Å². The molecular formula is C21H24N2O4S2. The highest BCUT2D eigenvalue weighted by Crippen LogP contribution is 2.31. The van der Waals surface area contributed by atoms with Gasteiger partial charge in [-0.2, -0.15) is 0 Å². The summed E-state index contributed by atoms with van der Waals surface area (Å²) in [6.07, 6.45) is 7.33. The fourth-order valence-electron chi connectivity index (χ4n) is 2.66. The van der Waals surface area contributed by atoms with Gasteiger partial charge in [-0.3, -0.25) is 14.5 Å². The van der Waals surface area contributed by atoms with E-state index in [0.717, 1.165) is 12.0 Å². The topological polar surface area (TPSA) is 86.7 Å². The first kappa shape index (κ1) is 22.8. The minimum Gasteiger partial charge on any atom is -0.480 e. The summed E-state index contributed by atoms with van der Waals surface area (Å²) in [6.45, 7) is 2.08. The van der Waals surface area contributed by atoms with Crippen molar-refractivity contribution in [2.24, 2.45) is 0 Å². The van der Waals surface area contributed by atoms with E-state index in [-0.39, 0.29) is 18.9 Å². The van der Waals surface area contributed by atoms with Gasteiger partial charge < -0.3 is 10.4 Å². The molecular weight excluding hydrogens is 408 g/mol. The highest BCUT2D eigenvalue weighted by atomic mass is 32.2. The second-order valence-corrected chi connectivity index (χ2v) is 8.15. The van der Waals surface area contributed by atoms with E-state index in [1.807, 2.05) is 43.3 Å². The summed E-state index contributed by atoms with van der Waals surface area (Å²) in [6, 6.07) is 8.80. The molecule has 0 aromatic heterocycles. The van der Waals surface area contributed by atoms with Crippen LogP contribution in [0, 0.1) is 0 Å². The molecule has 1 aromatic carbocycles. The zero-order valence-electron chi connectivity index (χ0n) is 16.2. The molecule has 0 radical (unpaired) electrons. The molecule has 1 aliphatic rings. The molecule has 0 saturated carbocycles. The average molecular weight is 433 g/mol. The average Bonchev–Trinajstić information content (AvgIpc) is 2.97. The molecule has 0 aliphatic carbocycles. The van der Waals surface area contributed by atoms with E-state index in [1.165, 1.54) is 16.7 Å². The van der Waals surface area contributed by atoms with Gasteiger partial charge in [-0.1, -0.05) is 86.2 Å². The van der Waals surface area contributed by atoms with Gasteiger partial charge in [0.1, 0.15) is 10.4 Å². The number of amides is 2. The third kappa shape index (κ3) is 7.14. The van der Waals surface area contributed by atoms with Crippen molar-refractivity contribution in [2.45, 2.75) is 38.6 Å². The normalized spacial score (nSPS) is 16.6. The smallest absolute Gasteiger partial charge is 0.326 e. The van der Waals surface area contributed by atoms with Crippen LogP contribution in [0.4, 0.5) is 0 Å². The number of hydrogen-bond donors (Lipinski definition) is 2. The van der Waals surface area contributed by atoms with E-state index >= 15 is 0 Å². The maximum Gasteiger partial charge on any atom is 0.326 e. The van der Waals surface area contributed by atoms with Crippen LogP contribution in [0.5, 0.6) is 0 Å². The van der Waals surface area contributed by atoms with Crippen LogP contribution >= 0.6 is 24.0 Å². The zero-order valence-corrected chi connectivity index (χ0v) is 17.8. The van der Waals surface area contributed by atoms with Gasteiger partial charge in [-0.25, -0.2) is 4.79 Å². The van der Waals surface area contributed by atoms with Gasteiger partial charge in [0.2, 0.25) is 5.91 Å². The van der Waals surface area contributed by atoms with E-state index in [1.54, 1.807) is 12.2 Å². The predicted molar refractivity (Wildman–Crippen MR) is 119 cm³/mol. The molecule has 154 valence electrons. The third-order valence-electron chi connectivity index (χ3n) is 4.25. The highest BCUT2D eigenvalue weighted by Gasteiger charge is 2.32. The second-order valence-electron chi connectivity index (χ2n) is 6.48. The summed E-state index contributed by atoms with van der Waals surface area (Å²) in [7, 11) is 0. The molecule has 1 aliphatic heterocycles. The second kappa shape index (κ2) is 11.5. The Hall–Kier alpha value is -2.45. The number of rotatable bonds is 10. The number of allylic oxidation sites excluding steroid dienone is 2. The number of nitrogens with one attached hydrogen (secondary N) is 1. The molecule has 2 rings (SSSR count). The van der Waals surface area contributed by atoms with Gasteiger partial charge >= 0.3 is 5.97 Å². The number of unbranched alkanes of at least 4 members (excludes halogenated alkanes) is 1. The predicted octanol–water partition coefficient (Wildman–Crippen LogP) is 3.59. The van der Waals surface area contributed by atoms with Crippen molar-refractivity contribution < 1.29 is 19.5 Å². The van der Waals surface area contributed by atoms with Gasteiger partial charge in [0, 0.05) is 13.0 Å². The van der Waals surface area contributed by atoms with Crippen molar-refractivity contribution in [1.82, 2.24) is 10.2 Å². The highest BCUT2D eigenvalue weighted by molar-refractivity contribution is 8.26. The van der Waals surface area contributed by atoms with Crippen molar-refractivity contribution in [3.8, 4) is 0 Å². The molecule has 2 amide bonds. The van der Waals surface area contributed by atoms with E-state index in [4.69, 9.17) is 12.2 Å². The molecule has 1 aromatic rings. The number of carboxylic acid groups (broad SMARTS) is 1. The Morgan fingerprint density at radius 1 is 1.31 bits per heavy atom. The molecule has 6 nitrogen and oxygen atoms in total. The van der Waals surface area contributed by atoms with Crippen molar-refractivity contribution in [3.05, 3.63) is 53.0 Å². The number of benzene rings is 1. The van der Waals surface area contributed by atoms with Crippen LogP contribution in [0.25, 0.3) is 6.08 Å². The van der Waals surface area contributed by atoms with Crippen LogP contribution in [0.1, 0.15) is 38.2 Å². The Morgan fingerprint density at radius 3 is 2.69 bits per heavy atom. The van der Waals surface area contributed by atoms with E-state index in [2.05, 4.69) is 5.32 Å². The minimum absolute atomic E-state index is 0.00448. The molecule has 2 N–H and O–H groups in total. The van der Waals surface area contributed by atoms with Crippen LogP contribution in [-0.2, 0) is 14.4 Å². The number of nitrogens with zero attached hydrogens (tertiary/aromatic N) is 1. The molecule has 1 heterocycles. The summed E-state index contributed by atoms with van der Waals surface area (Å²) in [4.78, 5) is 37.8. The van der Waals surface area contributed by atoms with Crippen molar-refractivity contribution in [2.75, 3.05) is 6.54 Å². The lowest BCUT2D eigenvalue weighted by atomic mass is 10.1. The Kier molecular flexibility index (Phi) is 9.08. The fourth-order valence-corrected chi connectivity index (χ4v) is 3.92. The van der Waals surface area contributed by atoms with Gasteiger partial charge in [0.15, 0.2) is 0 Å². The number of carboxylic acids is 1. The van der Waals surface area contributed by atoms with E-state index in [9.17, 15) is 19.5 Å². The van der Waals surface area contributed by atoms with Gasteiger partial charge in [0.25, 0.3) is 5.91 Å². The summed E-state index contributed by atoms with van der Waals surface area (Å²) in [5, 5.41) is 11.7. The molecule has 0 bridgehead atoms. The first-order valence-corrected chi connectivity index (χ1v) is 10.6. The summed E-state index contributed by atoms with van der Waals surface area (Å²) < 4.78 is 0.392. The lowest BCUT2D eigenvalue weighted by Gasteiger charge is -2.17. The van der Waals surface area contributed by atoms with Crippen LogP contribution in [0.2, 0.25) is 0 Å². The molecule has 1 unspecified atom stereocenters. The lowest BCUT2D eigenvalue weighted by Crippen LogP contribution is -2.42. The Morgan fingerprint density at radius 2 is 2.03 bits per heavy atom. The van der Waals surface area contributed by atoms with Gasteiger partial charge in [0.05, 0.1) is 4.91 Å². The van der Waals surface area contributed by atoms with Crippen LogP contribution in [-0.4, -0.2) is 44.7 Å². The molecule has 29 heavy (non-hydrogen) atoms. The largest absolute Gasteiger partial charge is 0.480 e. The number of aliphatic carboxylic acids is 1. The molecule has 1 saturated heterocycles. The summed E-state index contributed by atoms with van der Waals surface area (Å²) in [5.74, 6) is -1.70. The number of thioether (sulfide) groups is 1. The zero-order chi connectivity index (χ0) is 21.2. The summed E-state index contributed by atoms with van der Waals surface area (Å²) >= 11 is 6.44. The lowest BCUT2D eigenvalue weighted by molar-refractivity contribution is -0.142. The Balaban J connectivity index is 1.89. The fraction of sp³-hybridized carbons (Fsp3) is 0.333. The number of carbonyl (C=O) groups excluding carboxylic acids is 2. The van der Waals surface area contributed by atoms with Crippen molar-refractivity contribution in [3.63, 3.8) is 0 Å². The minimum atomic E-state index is -1.05. The standard InChI is InChI=1S/C21H24N2O4S2/c1-2-3-11-16(20(26)27)22-18(24)13-14-23-19(25)17(29-21(23)28)12-7-10-15-8-5-4-6-9-15/h4-10,12,16H,2-3,11,13-14H2,1H3,(H,22,24)(H,26,27). The third-order valence-corrected chi connectivity index (χ3v) is 5.65. The summed E-state index contributed by atoms with van der Waals surface area (Å²) in [5.41, 5.74) is 1.02.